The van der Waals surface area contributed by atoms with Crippen molar-refractivity contribution < 1.29 is 0 Å². The van der Waals surface area contributed by atoms with Gasteiger partial charge < -0.3 is 10.6 Å². The van der Waals surface area contributed by atoms with Crippen molar-refractivity contribution in [2.45, 2.75) is 48.0 Å². The third-order valence-electron chi connectivity index (χ3n) is 2.02. The van der Waals surface area contributed by atoms with Crippen molar-refractivity contribution in [3.05, 3.63) is 0 Å². The first-order valence-corrected chi connectivity index (χ1v) is 6.12. The Hall–Kier alpha value is -0.0800. The summed E-state index contributed by atoms with van der Waals surface area (Å²) in [7, 11) is 0. The summed E-state index contributed by atoms with van der Waals surface area (Å²) >= 11 is 0. The molecule has 0 heterocycles. The van der Waals surface area contributed by atoms with Crippen LogP contribution in [0.5, 0.6) is 0 Å². The van der Waals surface area contributed by atoms with E-state index in [0.29, 0.717) is 10.8 Å². The molecule has 0 aromatic carbocycles. The molecule has 0 aliphatic rings. The minimum atomic E-state index is 0.402. The summed E-state index contributed by atoms with van der Waals surface area (Å²) in [6.07, 6.45) is 1.21. The van der Waals surface area contributed by atoms with Crippen LogP contribution in [0.4, 0.5) is 0 Å². The largest absolute Gasteiger partial charge is 0.316 e. The fraction of sp³-hybridized carbons (Fsp3) is 1.00. The Kier molecular flexibility index (Phi) is 6.46. The van der Waals surface area contributed by atoms with E-state index in [1.54, 1.807) is 0 Å². The lowest BCUT2D eigenvalue weighted by atomic mass is 9.97. The maximum absolute atomic E-state index is 3.48. The molecule has 0 atom stereocenters. The first kappa shape index (κ1) is 14.9. The number of hydrogen-bond acceptors (Lipinski definition) is 2. The average molecular weight is 214 g/mol. The Morgan fingerprint density at radius 1 is 0.667 bits per heavy atom. The molecule has 0 unspecified atom stereocenters. The molecule has 0 aliphatic carbocycles. The quantitative estimate of drug-likeness (QED) is 0.664. The van der Waals surface area contributed by atoms with Gasteiger partial charge in [-0.3, -0.25) is 0 Å². The summed E-state index contributed by atoms with van der Waals surface area (Å²) in [4.78, 5) is 0. The Balaban J connectivity index is 3.20. The lowest BCUT2D eigenvalue weighted by molar-refractivity contribution is 0.365. The van der Waals surface area contributed by atoms with Crippen LogP contribution in [0.3, 0.4) is 0 Å². The van der Waals surface area contributed by atoms with Gasteiger partial charge in [0.05, 0.1) is 0 Å². The number of hydrogen-bond donors (Lipinski definition) is 2. The molecule has 0 saturated carbocycles. The summed E-state index contributed by atoms with van der Waals surface area (Å²) in [6, 6.07) is 0. The van der Waals surface area contributed by atoms with E-state index in [9.17, 15) is 0 Å². The van der Waals surface area contributed by atoms with Gasteiger partial charge in [-0.1, -0.05) is 41.5 Å². The zero-order valence-corrected chi connectivity index (χ0v) is 11.5. The third-order valence-corrected chi connectivity index (χ3v) is 2.02. The van der Waals surface area contributed by atoms with Crippen LogP contribution in [-0.2, 0) is 0 Å². The van der Waals surface area contributed by atoms with E-state index in [0.717, 1.165) is 26.2 Å². The molecule has 0 radical (unpaired) electrons. The second kappa shape index (κ2) is 6.49. The molecule has 0 bridgehead atoms. The summed E-state index contributed by atoms with van der Waals surface area (Å²) in [5.41, 5.74) is 0.803. The first-order valence-electron chi connectivity index (χ1n) is 6.12. The molecule has 0 amide bonds. The fourth-order valence-corrected chi connectivity index (χ4v) is 1.27. The van der Waals surface area contributed by atoms with Gasteiger partial charge in [0.25, 0.3) is 0 Å². The highest BCUT2D eigenvalue weighted by Gasteiger charge is 2.09. The van der Waals surface area contributed by atoms with Crippen molar-refractivity contribution in [2.24, 2.45) is 10.8 Å². The number of nitrogens with one attached hydrogen (secondary N) is 2. The Bertz CT molecular complexity index is 133. The van der Waals surface area contributed by atoms with Gasteiger partial charge in [0.15, 0.2) is 0 Å². The highest BCUT2D eigenvalue weighted by molar-refractivity contribution is 4.66. The second-order valence-corrected chi connectivity index (χ2v) is 6.83. The van der Waals surface area contributed by atoms with Gasteiger partial charge in [0.2, 0.25) is 0 Å². The van der Waals surface area contributed by atoms with Crippen molar-refractivity contribution in [3.63, 3.8) is 0 Å². The van der Waals surface area contributed by atoms with Crippen molar-refractivity contribution in [3.8, 4) is 0 Å². The maximum Gasteiger partial charge on any atom is -0.0000116 e. The minimum Gasteiger partial charge on any atom is -0.316 e. The van der Waals surface area contributed by atoms with E-state index in [1.165, 1.54) is 6.42 Å². The van der Waals surface area contributed by atoms with Crippen LogP contribution in [0.2, 0.25) is 0 Å². The van der Waals surface area contributed by atoms with Gasteiger partial charge in [0.1, 0.15) is 0 Å². The van der Waals surface area contributed by atoms with Gasteiger partial charge in [-0.25, -0.2) is 0 Å². The molecule has 0 spiro atoms. The molecule has 0 aromatic rings. The van der Waals surface area contributed by atoms with E-state index in [2.05, 4.69) is 52.2 Å². The monoisotopic (exact) mass is 214 g/mol. The Morgan fingerprint density at radius 3 is 1.27 bits per heavy atom. The molecule has 0 fully saturated rings. The molecule has 92 valence electrons. The van der Waals surface area contributed by atoms with Crippen LogP contribution in [0.1, 0.15) is 48.0 Å². The van der Waals surface area contributed by atoms with Crippen molar-refractivity contribution in [1.82, 2.24) is 10.6 Å². The van der Waals surface area contributed by atoms with Crippen molar-refractivity contribution in [2.75, 3.05) is 26.2 Å². The second-order valence-electron chi connectivity index (χ2n) is 6.83. The lowest BCUT2D eigenvalue weighted by Gasteiger charge is -2.20. The SMILES string of the molecule is CC(C)(C)CNCCCNCC(C)(C)C. The van der Waals surface area contributed by atoms with E-state index in [-0.39, 0.29) is 0 Å². The van der Waals surface area contributed by atoms with E-state index >= 15 is 0 Å². The summed E-state index contributed by atoms with van der Waals surface area (Å²) < 4.78 is 0. The van der Waals surface area contributed by atoms with Crippen LogP contribution >= 0.6 is 0 Å². The van der Waals surface area contributed by atoms with Gasteiger partial charge in [-0.15, -0.1) is 0 Å². The smallest absolute Gasteiger partial charge is 0.0000116 e. The summed E-state index contributed by atoms with van der Waals surface area (Å²) in [5.74, 6) is 0. The normalized spacial score (nSPS) is 13.2. The molecule has 2 N–H and O–H groups in total. The zero-order valence-electron chi connectivity index (χ0n) is 11.5. The summed E-state index contributed by atoms with van der Waals surface area (Å²) in [6.45, 7) is 18.0. The molecule has 2 heteroatoms. The standard InChI is InChI=1S/C13H30N2/c1-12(2,3)10-14-8-7-9-15-11-13(4,5)6/h14-15H,7-11H2,1-6H3. The van der Waals surface area contributed by atoms with Crippen molar-refractivity contribution >= 4 is 0 Å². The molecular formula is C13H30N2. The molecule has 0 saturated heterocycles. The molecule has 0 aliphatic heterocycles. The minimum absolute atomic E-state index is 0.402. The lowest BCUT2D eigenvalue weighted by Crippen LogP contribution is -2.31. The van der Waals surface area contributed by atoms with Crippen LogP contribution in [0.25, 0.3) is 0 Å². The molecular weight excluding hydrogens is 184 g/mol. The predicted molar refractivity (Wildman–Crippen MR) is 69.3 cm³/mol. The first-order chi connectivity index (χ1) is 6.71. The Morgan fingerprint density at radius 2 is 1.00 bits per heavy atom. The zero-order chi connectivity index (χ0) is 11.9. The van der Waals surface area contributed by atoms with Gasteiger partial charge >= 0.3 is 0 Å². The highest BCUT2D eigenvalue weighted by atomic mass is 14.9. The molecule has 2 nitrogen and oxygen atoms in total. The van der Waals surface area contributed by atoms with Gasteiger partial charge in [0, 0.05) is 0 Å². The molecule has 0 aromatic heterocycles. The van der Waals surface area contributed by atoms with E-state index < -0.39 is 0 Å². The van der Waals surface area contributed by atoms with Crippen LogP contribution in [-0.4, -0.2) is 26.2 Å². The van der Waals surface area contributed by atoms with E-state index in [4.69, 9.17) is 0 Å². The van der Waals surface area contributed by atoms with Crippen molar-refractivity contribution in [1.29, 1.82) is 0 Å². The predicted octanol–water partition coefficient (Wildman–Crippen LogP) is 2.65. The highest BCUT2D eigenvalue weighted by Crippen LogP contribution is 2.10. The third kappa shape index (κ3) is 13.9. The van der Waals surface area contributed by atoms with Gasteiger partial charge in [-0.2, -0.15) is 0 Å². The fourth-order valence-electron chi connectivity index (χ4n) is 1.27. The summed E-state index contributed by atoms with van der Waals surface area (Å²) in [5, 5.41) is 6.97. The van der Waals surface area contributed by atoms with Crippen LogP contribution in [0, 0.1) is 10.8 Å². The van der Waals surface area contributed by atoms with Crippen LogP contribution in [0.15, 0.2) is 0 Å². The molecule has 0 rings (SSSR count). The van der Waals surface area contributed by atoms with E-state index in [1.807, 2.05) is 0 Å². The average Bonchev–Trinajstić information content (AvgIpc) is 1.98. The maximum atomic E-state index is 3.48. The topological polar surface area (TPSA) is 24.1 Å². The number of rotatable bonds is 6. The Labute approximate surface area is 96.2 Å². The van der Waals surface area contributed by atoms with Crippen LogP contribution < -0.4 is 10.6 Å². The van der Waals surface area contributed by atoms with Gasteiger partial charge in [-0.05, 0) is 43.4 Å². The molecule has 15 heavy (non-hydrogen) atoms.